The van der Waals surface area contributed by atoms with E-state index in [9.17, 15) is 14.4 Å². The van der Waals surface area contributed by atoms with Crippen molar-refractivity contribution in [3.63, 3.8) is 0 Å². The van der Waals surface area contributed by atoms with Crippen molar-refractivity contribution in [1.29, 1.82) is 0 Å². The number of likely N-dealkylation sites (N-methyl/N-ethyl adjacent to an activating group) is 1. The predicted octanol–water partition coefficient (Wildman–Crippen LogP) is 1.17. The van der Waals surface area contributed by atoms with Gasteiger partial charge in [0.15, 0.2) is 0 Å². The first-order valence-electron chi connectivity index (χ1n) is 8.02. The minimum Gasteiger partial charge on any atom is -0.480 e. The smallest absolute Gasteiger partial charge is 0.323 e. The zero-order valence-electron chi connectivity index (χ0n) is 14.3. The van der Waals surface area contributed by atoms with E-state index >= 15 is 0 Å². The van der Waals surface area contributed by atoms with Gasteiger partial charge in [-0.2, -0.15) is 0 Å². The minimum absolute atomic E-state index is 0.263. The van der Waals surface area contributed by atoms with Crippen molar-refractivity contribution >= 4 is 35.1 Å². The van der Waals surface area contributed by atoms with Gasteiger partial charge < -0.3 is 19.8 Å². The second kappa shape index (κ2) is 8.31. The van der Waals surface area contributed by atoms with E-state index in [0.717, 1.165) is 0 Å². The summed E-state index contributed by atoms with van der Waals surface area (Å²) in [6.07, 6.45) is 0.363. The van der Waals surface area contributed by atoms with Crippen LogP contribution in [-0.4, -0.2) is 73.0 Å². The Kier molecular flexibility index (Phi) is 6.39. The van der Waals surface area contributed by atoms with Gasteiger partial charge in [-0.25, -0.2) is 0 Å². The summed E-state index contributed by atoms with van der Waals surface area (Å²) in [5.41, 5.74) is 0.644. The molecule has 0 bridgehead atoms. The third-order valence-electron chi connectivity index (χ3n) is 4.08. The molecule has 0 radical (unpaired) electrons. The fourth-order valence-electron chi connectivity index (χ4n) is 2.78. The van der Waals surface area contributed by atoms with E-state index in [-0.39, 0.29) is 12.5 Å². The summed E-state index contributed by atoms with van der Waals surface area (Å²) in [7, 11) is 3.68. The highest BCUT2D eigenvalue weighted by molar-refractivity contribution is 6.31. The summed E-state index contributed by atoms with van der Waals surface area (Å²) in [6.45, 7) is 0.787. The molecule has 1 aliphatic heterocycles. The van der Waals surface area contributed by atoms with Gasteiger partial charge in [-0.05, 0) is 38.7 Å². The van der Waals surface area contributed by atoms with Crippen molar-refractivity contribution in [2.75, 3.05) is 45.2 Å². The van der Waals surface area contributed by atoms with Gasteiger partial charge in [0.05, 0.1) is 0 Å². The molecule has 2 rings (SSSR count). The van der Waals surface area contributed by atoms with Crippen LogP contribution >= 0.6 is 11.6 Å². The molecule has 0 saturated carbocycles. The number of benzene rings is 1. The average Bonchev–Trinajstić information content (AvgIpc) is 2.92. The molecule has 0 aromatic heterocycles. The molecule has 8 heteroatoms. The summed E-state index contributed by atoms with van der Waals surface area (Å²) in [5.74, 6) is -2.68. The van der Waals surface area contributed by atoms with Crippen molar-refractivity contribution in [3.8, 4) is 0 Å². The molecule has 1 atom stereocenters. The van der Waals surface area contributed by atoms with Crippen molar-refractivity contribution in [2.24, 2.45) is 5.92 Å². The number of anilines is 1. The first kappa shape index (κ1) is 19.2. The van der Waals surface area contributed by atoms with E-state index in [1.807, 2.05) is 19.0 Å². The van der Waals surface area contributed by atoms with Crippen LogP contribution in [0.3, 0.4) is 0 Å². The maximum atomic E-state index is 12.7. The molecule has 1 N–H and O–H groups in total. The fourth-order valence-corrected chi connectivity index (χ4v) is 2.97. The highest BCUT2D eigenvalue weighted by Crippen LogP contribution is 2.28. The summed E-state index contributed by atoms with van der Waals surface area (Å²) < 4.78 is 0. The van der Waals surface area contributed by atoms with Gasteiger partial charge in [0.1, 0.15) is 12.5 Å². The van der Waals surface area contributed by atoms with Gasteiger partial charge >= 0.3 is 5.97 Å². The zero-order chi connectivity index (χ0) is 18.6. The second-order valence-electron chi connectivity index (χ2n) is 6.27. The van der Waals surface area contributed by atoms with Crippen LogP contribution in [0.25, 0.3) is 0 Å². The molecular weight excluding hydrogens is 346 g/mol. The number of rotatable bonds is 7. The molecule has 1 aromatic rings. The lowest BCUT2D eigenvalue weighted by Gasteiger charge is -2.25. The number of hydrogen-bond acceptors (Lipinski definition) is 4. The number of hydrogen-bond donors (Lipinski definition) is 1. The van der Waals surface area contributed by atoms with E-state index in [4.69, 9.17) is 16.7 Å². The van der Waals surface area contributed by atoms with Crippen LogP contribution < -0.4 is 4.90 Å². The highest BCUT2D eigenvalue weighted by Gasteiger charge is 2.40. The molecule has 0 spiro atoms. The molecular formula is C17H22ClN3O4. The van der Waals surface area contributed by atoms with Crippen LogP contribution in [0.15, 0.2) is 24.3 Å². The number of amides is 2. The van der Waals surface area contributed by atoms with Crippen molar-refractivity contribution in [1.82, 2.24) is 9.80 Å². The number of aliphatic carboxylic acids is 1. The molecule has 2 amide bonds. The lowest BCUT2D eigenvalue weighted by Crippen LogP contribution is -2.45. The summed E-state index contributed by atoms with van der Waals surface area (Å²) in [5, 5.41) is 9.56. The molecule has 25 heavy (non-hydrogen) atoms. The summed E-state index contributed by atoms with van der Waals surface area (Å²) in [6, 6.07) is 6.89. The van der Waals surface area contributed by atoms with Crippen LogP contribution in [0.5, 0.6) is 0 Å². The molecule has 1 aromatic carbocycles. The topological polar surface area (TPSA) is 81.2 Å². The number of carboxylic acids is 1. The lowest BCUT2D eigenvalue weighted by atomic mass is 10.1. The maximum absolute atomic E-state index is 12.7. The Hall–Kier alpha value is -2.12. The Morgan fingerprint density at radius 1 is 1.32 bits per heavy atom. The Morgan fingerprint density at radius 2 is 2.04 bits per heavy atom. The van der Waals surface area contributed by atoms with E-state index in [1.54, 1.807) is 24.3 Å². The third-order valence-corrected chi connectivity index (χ3v) is 4.31. The molecule has 136 valence electrons. The maximum Gasteiger partial charge on any atom is 0.323 e. The van der Waals surface area contributed by atoms with E-state index in [1.165, 1.54) is 9.80 Å². The van der Waals surface area contributed by atoms with Gasteiger partial charge in [-0.15, -0.1) is 0 Å². The Bertz CT molecular complexity index is 665. The quantitative estimate of drug-likeness (QED) is 0.731. The lowest BCUT2D eigenvalue weighted by molar-refractivity contribution is -0.148. The molecule has 0 aliphatic carbocycles. The van der Waals surface area contributed by atoms with Gasteiger partial charge in [0, 0.05) is 30.3 Å². The minimum atomic E-state index is -1.09. The number of halogens is 1. The van der Waals surface area contributed by atoms with E-state index in [0.29, 0.717) is 30.2 Å². The highest BCUT2D eigenvalue weighted by atomic mass is 35.5. The molecule has 1 fully saturated rings. The van der Waals surface area contributed by atoms with Gasteiger partial charge in [-0.3, -0.25) is 14.4 Å². The monoisotopic (exact) mass is 367 g/mol. The van der Waals surface area contributed by atoms with Crippen molar-refractivity contribution in [2.45, 2.75) is 6.42 Å². The SMILES string of the molecule is CN(C)CCN(CC(=O)O)C(=O)C1CCN(c2cccc(Cl)c2)C1=O. The third kappa shape index (κ3) is 4.93. The van der Waals surface area contributed by atoms with Gasteiger partial charge in [0.2, 0.25) is 11.8 Å². The number of nitrogens with zero attached hydrogens (tertiary/aromatic N) is 3. The zero-order valence-corrected chi connectivity index (χ0v) is 15.1. The van der Waals surface area contributed by atoms with Crippen molar-refractivity contribution in [3.05, 3.63) is 29.3 Å². The van der Waals surface area contributed by atoms with Gasteiger partial charge in [-0.1, -0.05) is 17.7 Å². The predicted molar refractivity (Wildman–Crippen MR) is 94.7 cm³/mol. The standard InChI is InChI=1S/C17H22ClN3O4/c1-19(2)8-9-20(11-15(22)23)16(24)14-6-7-21(17(14)25)13-5-3-4-12(18)10-13/h3-5,10,14H,6-9,11H2,1-2H3,(H,22,23). The largest absolute Gasteiger partial charge is 0.480 e. The van der Waals surface area contributed by atoms with Crippen LogP contribution in [0.2, 0.25) is 5.02 Å². The normalized spacial score (nSPS) is 17.2. The number of carbonyl (C=O) groups excluding carboxylic acids is 2. The molecule has 1 aliphatic rings. The first-order valence-corrected chi connectivity index (χ1v) is 8.39. The number of carbonyl (C=O) groups is 3. The van der Waals surface area contributed by atoms with E-state index < -0.39 is 24.3 Å². The summed E-state index contributed by atoms with van der Waals surface area (Å²) in [4.78, 5) is 41.1. The molecule has 7 nitrogen and oxygen atoms in total. The van der Waals surface area contributed by atoms with Crippen LogP contribution in [0, 0.1) is 5.92 Å². The van der Waals surface area contributed by atoms with E-state index in [2.05, 4.69) is 0 Å². The fraction of sp³-hybridized carbons (Fsp3) is 0.471. The second-order valence-corrected chi connectivity index (χ2v) is 6.70. The number of carboxylic acid groups (broad SMARTS) is 1. The molecule has 1 saturated heterocycles. The first-order chi connectivity index (χ1) is 11.8. The average molecular weight is 368 g/mol. The van der Waals surface area contributed by atoms with Crippen LogP contribution in [-0.2, 0) is 14.4 Å². The summed E-state index contributed by atoms with van der Waals surface area (Å²) >= 11 is 5.97. The van der Waals surface area contributed by atoms with Crippen molar-refractivity contribution < 1.29 is 19.5 Å². The molecule has 1 heterocycles. The Labute approximate surface area is 151 Å². The Morgan fingerprint density at radius 3 is 2.64 bits per heavy atom. The Balaban J connectivity index is 2.12. The van der Waals surface area contributed by atoms with Gasteiger partial charge in [0.25, 0.3) is 0 Å². The molecule has 1 unspecified atom stereocenters. The van der Waals surface area contributed by atoms with Crippen LogP contribution in [0.1, 0.15) is 6.42 Å². The van der Waals surface area contributed by atoms with Crippen LogP contribution in [0.4, 0.5) is 5.69 Å².